The van der Waals surface area contributed by atoms with E-state index in [4.69, 9.17) is 0 Å². The van der Waals surface area contributed by atoms with Crippen LogP contribution in [-0.4, -0.2) is 11.2 Å². The Bertz CT molecular complexity index is 241. The molecule has 1 saturated carbocycles. The van der Waals surface area contributed by atoms with Gasteiger partial charge in [0.15, 0.2) is 0 Å². The van der Waals surface area contributed by atoms with Crippen molar-refractivity contribution in [1.82, 2.24) is 0 Å². The summed E-state index contributed by atoms with van der Waals surface area (Å²) in [5, 5.41) is 9.60. The Morgan fingerprint density at radius 2 is 1.82 bits per heavy atom. The first kappa shape index (κ1) is 6.01. The summed E-state index contributed by atoms with van der Waals surface area (Å²) in [6.45, 7) is 0. The first-order valence-corrected chi connectivity index (χ1v) is 4.41. The lowest BCUT2D eigenvalue weighted by Gasteiger charge is -2.22. The fourth-order valence-electron chi connectivity index (χ4n) is 3.02. The molecule has 0 aliphatic heterocycles. The Hall–Kier alpha value is -0.560. The van der Waals surface area contributed by atoms with Crippen molar-refractivity contribution >= 4 is 0 Å². The SMILES string of the molecule is O[C@@H]1C=C[C@H]2[C@@H]1[C@H]1C=C[C@H]2C1. The summed E-state index contributed by atoms with van der Waals surface area (Å²) in [7, 11) is 0. The highest BCUT2D eigenvalue weighted by Crippen LogP contribution is 2.52. The largest absolute Gasteiger partial charge is 0.389 e. The van der Waals surface area contributed by atoms with Crippen LogP contribution in [0.25, 0.3) is 0 Å². The molecule has 1 heteroatoms. The van der Waals surface area contributed by atoms with Gasteiger partial charge in [0.05, 0.1) is 6.10 Å². The second-order valence-corrected chi connectivity index (χ2v) is 3.98. The molecule has 0 unspecified atom stereocenters. The molecule has 0 aromatic rings. The summed E-state index contributed by atoms with van der Waals surface area (Å²) in [4.78, 5) is 0. The molecular weight excluding hydrogens is 136 g/mol. The quantitative estimate of drug-likeness (QED) is 0.514. The lowest BCUT2D eigenvalue weighted by Crippen LogP contribution is -2.23. The van der Waals surface area contributed by atoms with Crippen LogP contribution in [0.15, 0.2) is 24.3 Å². The molecule has 3 aliphatic rings. The van der Waals surface area contributed by atoms with Crippen molar-refractivity contribution in [2.24, 2.45) is 23.7 Å². The summed E-state index contributed by atoms with van der Waals surface area (Å²) in [6.07, 6.45) is 9.94. The van der Waals surface area contributed by atoms with Crippen LogP contribution in [0, 0.1) is 23.7 Å². The van der Waals surface area contributed by atoms with Crippen LogP contribution in [0.3, 0.4) is 0 Å². The van der Waals surface area contributed by atoms with Crippen molar-refractivity contribution in [3.63, 3.8) is 0 Å². The number of hydrogen-bond donors (Lipinski definition) is 1. The minimum Gasteiger partial charge on any atom is -0.389 e. The van der Waals surface area contributed by atoms with Crippen LogP contribution in [0.4, 0.5) is 0 Å². The fraction of sp³-hybridized carbons (Fsp3) is 0.600. The molecule has 0 aromatic heterocycles. The van der Waals surface area contributed by atoms with E-state index < -0.39 is 0 Å². The number of aliphatic hydroxyl groups excluding tert-OH is 1. The van der Waals surface area contributed by atoms with Crippen molar-refractivity contribution in [2.45, 2.75) is 12.5 Å². The monoisotopic (exact) mass is 148 g/mol. The summed E-state index contributed by atoms with van der Waals surface area (Å²) in [5.41, 5.74) is 0. The van der Waals surface area contributed by atoms with Crippen LogP contribution in [-0.2, 0) is 0 Å². The third kappa shape index (κ3) is 0.603. The molecule has 0 heterocycles. The molecular formula is C10H12O. The van der Waals surface area contributed by atoms with Crippen LogP contribution in [0.5, 0.6) is 0 Å². The Labute approximate surface area is 66.4 Å². The molecule has 0 aromatic carbocycles. The topological polar surface area (TPSA) is 20.2 Å². The zero-order valence-electron chi connectivity index (χ0n) is 6.35. The maximum absolute atomic E-state index is 9.60. The van der Waals surface area contributed by atoms with Crippen molar-refractivity contribution in [3.05, 3.63) is 24.3 Å². The summed E-state index contributed by atoms with van der Waals surface area (Å²) < 4.78 is 0. The van der Waals surface area contributed by atoms with E-state index in [1.54, 1.807) is 0 Å². The molecule has 0 radical (unpaired) electrons. The van der Waals surface area contributed by atoms with Gasteiger partial charge >= 0.3 is 0 Å². The third-order valence-corrected chi connectivity index (χ3v) is 3.51. The maximum atomic E-state index is 9.60. The number of fused-ring (bicyclic) bond motifs is 5. The van der Waals surface area contributed by atoms with Crippen molar-refractivity contribution in [1.29, 1.82) is 0 Å². The molecule has 1 fully saturated rings. The van der Waals surface area contributed by atoms with Crippen molar-refractivity contribution < 1.29 is 5.11 Å². The Morgan fingerprint density at radius 1 is 1.00 bits per heavy atom. The second-order valence-electron chi connectivity index (χ2n) is 3.98. The molecule has 0 saturated heterocycles. The van der Waals surface area contributed by atoms with Gasteiger partial charge in [0.25, 0.3) is 0 Å². The van der Waals surface area contributed by atoms with Crippen molar-refractivity contribution in [2.75, 3.05) is 0 Å². The van der Waals surface area contributed by atoms with Crippen LogP contribution >= 0.6 is 0 Å². The minimum atomic E-state index is -0.153. The normalized spacial score (nSPS) is 57.4. The van der Waals surface area contributed by atoms with Gasteiger partial charge in [0.2, 0.25) is 0 Å². The third-order valence-electron chi connectivity index (χ3n) is 3.51. The molecule has 58 valence electrons. The molecule has 5 atom stereocenters. The molecule has 1 N–H and O–H groups in total. The van der Waals surface area contributed by atoms with Crippen LogP contribution < -0.4 is 0 Å². The first-order valence-electron chi connectivity index (χ1n) is 4.41. The fourth-order valence-corrected chi connectivity index (χ4v) is 3.02. The second kappa shape index (κ2) is 1.78. The first-order chi connectivity index (χ1) is 5.36. The zero-order valence-corrected chi connectivity index (χ0v) is 6.35. The molecule has 1 nitrogen and oxygen atoms in total. The highest BCUT2D eigenvalue weighted by atomic mass is 16.3. The van der Waals surface area contributed by atoms with Gasteiger partial charge in [-0.3, -0.25) is 0 Å². The van der Waals surface area contributed by atoms with E-state index in [9.17, 15) is 5.11 Å². The van der Waals surface area contributed by atoms with Gasteiger partial charge in [0, 0.05) is 5.92 Å². The van der Waals surface area contributed by atoms with Gasteiger partial charge in [-0.2, -0.15) is 0 Å². The maximum Gasteiger partial charge on any atom is 0.0760 e. The van der Waals surface area contributed by atoms with E-state index in [1.165, 1.54) is 6.42 Å². The zero-order chi connectivity index (χ0) is 7.42. The molecule has 11 heavy (non-hydrogen) atoms. The highest BCUT2D eigenvalue weighted by Gasteiger charge is 2.48. The Kier molecular flexibility index (Phi) is 0.972. The Balaban J connectivity index is 2.02. The van der Waals surface area contributed by atoms with Gasteiger partial charge < -0.3 is 5.11 Å². The van der Waals surface area contributed by atoms with E-state index >= 15 is 0 Å². The molecule has 3 rings (SSSR count). The predicted octanol–water partition coefficient (Wildman–Crippen LogP) is 1.36. The number of aliphatic hydroxyl groups is 1. The number of rotatable bonds is 0. The number of allylic oxidation sites excluding steroid dienone is 3. The predicted molar refractivity (Wildman–Crippen MR) is 42.9 cm³/mol. The lowest BCUT2D eigenvalue weighted by atomic mass is 9.84. The highest BCUT2D eigenvalue weighted by molar-refractivity contribution is 5.24. The van der Waals surface area contributed by atoms with Gasteiger partial charge in [-0.15, -0.1) is 0 Å². The van der Waals surface area contributed by atoms with Gasteiger partial charge in [-0.05, 0) is 24.2 Å². The van der Waals surface area contributed by atoms with E-state index in [-0.39, 0.29) is 6.10 Å². The summed E-state index contributed by atoms with van der Waals surface area (Å²) >= 11 is 0. The Morgan fingerprint density at radius 3 is 2.64 bits per heavy atom. The van der Waals surface area contributed by atoms with E-state index in [2.05, 4.69) is 18.2 Å². The van der Waals surface area contributed by atoms with Gasteiger partial charge in [-0.25, -0.2) is 0 Å². The van der Waals surface area contributed by atoms with E-state index in [0.717, 1.165) is 5.92 Å². The van der Waals surface area contributed by atoms with Crippen LogP contribution in [0.1, 0.15) is 6.42 Å². The summed E-state index contributed by atoms with van der Waals surface area (Å²) in [5.74, 6) is 2.62. The van der Waals surface area contributed by atoms with Gasteiger partial charge in [-0.1, -0.05) is 24.3 Å². The standard InChI is InChI=1S/C10H12O/c11-9-4-3-8-6-1-2-7(5-6)10(8)9/h1-4,6-11H,5H2/t6-,7-,8+,9+,10-/m0/s1. The van der Waals surface area contributed by atoms with E-state index in [1.807, 2.05) is 6.08 Å². The number of hydrogen-bond acceptors (Lipinski definition) is 1. The van der Waals surface area contributed by atoms with E-state index in [0.29, 0.717) is 17.8 Å². The van der Waals surface area contributed by atoms with Crippen LogP contribution in [0.2, 0.25) is 0 Å². The molecule has 3 aliphatic carbocycles. The molecule has 0 amide bonds. The summed E-state index contributed by atoms with van der Waals surface area (Å²) in [6, 6.07) is 0. The minimum absolute atomic E-state index is 0.153. The molecule has 2 bridgehead atoms. The van der Waals surface area contributed by atoms with Crippen molar-refractivity contribution in [3.8, 4) is 0 Å². The average Bonchev–Trinajstić information content (AvgIpc) is 2.60. The smallest absolute Gasteiger partial charge is 0.0760 e. The van der Waals surface area contributed by atoms with Gasteiger partial charge in [0.1, 0.15) is 0 Å². The molecule has 0 spiro atoms. The average molecular weight is 148 g/mol. The lowest BCUT2D eigenvalue weighted by molar-refractivity contribution is 0.132.